The summed E-state index contributed by atoms with van der Waals surface area (Å²) in [6.45, 7) is 0.535. The SMILES string of the molecule is N#CCCN(C(=S)S)C(c1ccccc1)c1cccnc1. The monoisotopic (exact) mass is 313 g/mol. The summed E-state index contributed by atoms with van der Waals surface area (Å²) >= 11 is 9.60. The minimum atomic E-state index is -0.0850. The standard InChI is InChI=1S/C16H15N3S2/c17-9-5-11-19(16(20)21)15(13-6-2-1-3-7-13)14-8-4-10-18-12-14/h1-4,6-8,10,12,15H,5,11H2,(H,20,21). The first-order chi connectivity index (χ1) is 10.2. The number of pyridine rings is 1. The summed E-state index contributed by atoms with van der Waals surface area (Å²) in [7, 11) is 0. The molecule has 0 amide bonds. The van der Waals surface area contributed by atoms with Crippen molar-refractivity contribution in [2.24, 2.45) is 0 Å². The molecule has 1 aromatic carbocycles. The number of nitriles is 1. The number of rotatable bonds is 5. The molecule has 3 nitrogen and oxygen atoms in total. The van der Waals surface area contributed by atoms with E-state index < -0.39 is 0 Å². The molecule has 0 spiro atoms. The smallest absolute Gasteiger partial charge is 0.134 e. The minimum absolute atomic E-state index is 0.0850. The molecule has 0 saturated carbocycles. The number of thiol groups is 1. The van der Waals surface area contributed by atoms with Gasteiger partial charge in [-0.2, -0.15) is 5.26 Å². The fourth-order valence-electron chi connectivity index (χ4n) is 2.23. The Hall–Kier alpha value is -1.90. The third-order valence-electron chi connectivity index (χ3n) is 3.14. The fraction of sp³-hybridized carbons (Fsp3) is 0.188. The summed E-state index contributed by atoms with van der Waals surface area (Å²) in [4.78, 5) is 6.15. The van der Waals surface area contributed by atoms with Crippen LogP contribution in [0.1, 0.15) is 23.6 Å². The Morgan fingerprint density at radius 3 is 2.52 bits per heavy atom. The van der Waals surface area contributed by atoms with Crippen molar-refractivity contribution in [1.82, 2.24) is 9.88 Å². The molecule has 0 radical (unpaired) electrons. The lowest BCUT2D eigenvalue weighted by atomic mass is 9.99. The Bertz CT molecular complexity index is 583. The molecule has 0 aliphatic heterocycles. The second-order valence-electron chi connectivity index (χ2n) is 4.48. The van der Waals surface area contributed by atoms with Crippen LogP contribution < -0.4 is 0 Å². The van der Waals surface area contributed by atoms with Crippen LogP contribution in [0, 0.1) is 11.3 Å². The lowest BCUT2D eigenvalue weighted by molar-refractivity contribution is 0.376. The largest absolute Gasteiger partial charge is 0.345 e. The number of thiocarbonyl (C=S) groups is 1. The zero-order valence-corrected chi connectivity index (χ0v) is 13.1. The fourth-order valence-corrected chi connectivity index (χ4v) is 2.64. The maximum absolute atomic E-state index is 8.86. The van der Waals surface area contributed by atoms with Crippen LogP contribution in [0.5, 0.6) is 0 Å². The Labute approximate surface area is 135 Å². The number of hydrogen-bond donors (Lipinski definition) is 1. The molecule has 1 aromatic heterocycles. The first-order valence-corrected chi connectivity index (χ1v) is 7.41. The van der Waals surface area contributed by atoms with E-state index in [-0.39, 0.29) is 6.04 Å². The van der Waals surface area contributed by atoms with Gasteiger partial charge in [-0.3, -0.25) is 4.98 Å². The molecule has 1 atom stereocenters. The molecule has 1 unspecified atom stereocenters. The number of aromatic nitrogens is 1. The molecule has 2 aromatic rings. The van der Waals surface area contributed by atoms with Crippen LogP contribution >= 0.6 is 24.8 Å². The van der Waals surface area contributed by atoms with Crippen LogP contribution in [0.2, 0.25) is 0 Å². The van der Waals surface area contributed by atoms with E-state index in [1.54, 1.807) is 6.20 Å². The highest BCUT2D eigenvalue weighted by atomic mass is 32.1. The quantitative estimate of drug-likeness (QED) is 0.676. The Balaban J connectivity index is 2.45. The first-order valence-electron chi connectivity index (χ1n) is 6.55. The second-order valence-corrected chi connectivity index (χ2v) is 5.60. The zero-order chi connectivity index (χ0) is 15.1. The van der Waals surface area contributed by atoms with Crippen molar-refractivity contribution in [3.63, 3.8) is 0 Å². The van der Waals surface area contributed by atoms with Gasteiger partial charge in [-0.15, -0.1) is 12.6 Å². The van der Waals surface area contributed by atoms with Gasteiger partial charge in [0.2, 0.25) is 0 Å². The lowest BCUT2D eigenvalue weighted by Gasteiger charge is -2.32. The van der Waals surface area contributed by atoms with Gasteiger partial charge in [0.05, 0.1) is 18.5 Å². The van der Waals surface area contributed by atoms with E-state index in [0.29, 0.717) is 17.3 Å². The van der Waals surface area contributed by atoms with E-state index in [4.69, 9.17) is 17.5 Å². The Morgan fingerprint density at radius 2 is 1.95 bits per heavy atom. The van der Waals surface area contributed by atoms with Crippen molar-refractivity contribution in [2.75, 3.05) is 6.54 Å². The van der Waals surface area contributed by atoms with Crippen molar-refractivity contribution in [2.45, 2.75) is 12.5 Å². The Kier molecular flexibility index (Phi) is 5.73. The van der Waals surface area contributed by atoms with E-state index >= 15 is 0 Å². The second kappa shape index (κ2) is 7.77. The molecule has 5 heteroatoms. The van der Waals surface area contributed by atoms with Gasteiger partial charge in [0.15, 0.2) is 0 Å². The number of hydrogen-bond acceptors (Lipinski definition) is 3. The molecule has 0 bridgehead atoms. The van der Waals surface area contributed by atoms with Crippen LogP contribution in [-0.2, 0) is 0 Å². The summed E-state index contributed by atoms with van der Waals surface area (Å²) in [6, 6.07) is 16.0. The van der Waals surface area contributed by atoms with E-state index in [9.17, 15) is 0 Å². The van der Waals surface area contributed by atoms with Crippen molar-refractivity contribution in [3.8, 4) is 6.07 Å². The van der Waals surface area contributed by atoms with Crippen molar-refractivity contribution < 1.29 is 0 Å². The molecule has 0 aliphatic rings. The summed E-state index contributed by atoms with van der Waals surface area (Å²) in [5, 5.41) is 8.86. The Morgan fingerprint density at radius 1 is 1.24 bits per heavy atom. The van der Waals surface area contributed by atoms with Crippen molar-refractivity contribution >= 4 is 29.2 Å². The topological polar surface area (TPSA) is 39.9 Å². The molecule has 0 saturated heterocycles. The summed E-state index contributed by atoms with van der Waals surface area (Å²) in [5.74, 6) is 0. The van der Waals surface area contributed by atoms with Gasteiger partial charge < -0.3 is 4.90 Å². The van der Waals surface area contributed by atoms with Gasteiger partial charge in [0.25, 0.3) is 0 Å². The molecule has 2 rings (SSSR count). The minimum Gasteiger partial charge on any atom is -0.345 e. The van der Waals surface area contributed by atoms with Gasteiger partial charge in [-0.25, -0.2) is 0 Å². The normalized spacial score (nSPS) is 11.4. The third kappa shape index (κ3) is 4.03. The highest BCUT2D eigenvalue weighted by molar-refractivity contribution is 8.10. The van der Waals surface area contributed by atoms with E-state index in [1.165, 1.54) is 0 Å². The maximum atomic E-state index is 8.86. The van der Waals surface area contributed by atoms with Crippen LogP contribution in [0.4, 0.5) is 0 Å². The average Bonchev–Trinajstić information content (AvgIpc) is 2.53. The molecule has 0 N–H and O–H groups in total. The van der Waals surface area contributed by atoms with E-state index in [2.05, 4.69) is 23.7 Å². The number of benzene rings is 1. The summed E-state index contributed by atoms with van der Waals surface area (Å²) < 4.78 is 0.475. The first kappa shape index (κ1) is 15.5. The molecular weight excluding hydrogens is 298 g/mol. The van der Waals surface area contributed by atoms with Gasteiger partial charge in [-0.05, 0) is 17.2 Å². The van der Waals surface area contributed by atoms with Crippen LogP contribution in [0.3, 0.4) is 0 Å². The van der Waals surface area contributed by atoms with Gasteiger partial charge in [0, 0.05) is 18.9 Å². The van der Waals surface area contributed by atoms with Gasteiger partial charge in [-0.1, -0.05) is 48.6 Å². The average molecular weight is 313 g/mol. The maximum Gasteiger partial charge on any atom is 0.134 e. The molecule has 21 heavy (non-hydrogen) atoms. The zero-order valence-electron chi connectivity index (χ0n) is 11.4. The summed E-state index contributed by atoms with van der Waals surface area (Å²) in [5.41, 5.74) is 2.12. The third-order valence-corrected chi connectivity index (χ3v) is 3.63. The van der Waals surface area contributed by atoms with Gasteiger partial charge in [0.1, 0.15) is 4.32 Å². The summed E-state index contributed by atoms with van der Waals surface area (Å²) in [6.07, 6.45) is 3.96. The van der Waals surface area contributed by atoms with Crippen LogP contribution in [0.15, 0.2) is 54.9 Å². The van der Waals surface area contributed by atoms with Gasteiger partial charge >= 0.3 is 0 Å². The molecule has 1 heterocycles. The van der Waals surface area contributed by atoms with Crippen LogP contribution in [0.25, 0.3) is 0 Å². The van der Waals surface area contributed by atoms with E-state index in [0.717, 1.165) is 11.1 Å². The predicted molar refractivity (Wildman–Crippen MR) is 91.0 cm³/mol. The molecule has 106 valence electrons. The highest BCUT2D eigenvalue weighted by Gasteiger charge is 2.23. The molecule has 0 fully saturated rings. The van der Waals surface area contributed by atoms with Crippen LogP contribution in [-0.4, -0.2) is 20.7 Å². The highest BCUT2D eigenvalue weighted by Crippen LogP contribution is 2.29. The molecular formula is C16H15N3S2. The van der Waals surface area contributed by atoms with Crippen molar-refractivity contribution in [1.29, 1.82) is 5.26 Å². The van der Waals surface area contributed by atoms with Crippen molar-refractivity contribution in [3.05, 3.63) is 66.0 Å². The molecule has 0 aliphatic carbocycles. The lowest BCUT2D eigenvalue weighted by Crippen LogP contribution is -2.32. The van der Waals surface area contributed by atoms with E-state index in [1.807, 2.05) is 53.6 Å². The number of nitrogens with zero attached hydrogens (tertiary/aromatic N) is 3. The predicted octanol–water partition coefficient (Wildman–Crippen LogP) is 3.60.